The highest BCUT2D eigenvalue weighted by atomic mass is 16.1. The first kappa shape index (κ1) is 8.64. The summed E-state index contributed by atoms with van der Waals surface area (Å²) in [6.45, 7) is 3.92. The second-order valence-electron chi connectivity index (χ2n) is 4.73. The van der Waals surface area contributed by atoms with Crippen LogP contribution in [0.1, 0.15) is 33.1 Å². The molecule has 0 radical (unpaired) electrons. The number of hydrogen-bond donors (Lipinski definition) is 0. The fraction of sp³-hybridized carbons (Fsp3) is 0.800. The average Bonchev–Trinajstić information content (AvgIpc) is 2.55. The minimum Gasteiger partial charge on any atom is -0.296 e. The Balaban J connectivity index is 2.45. The molecule has 3 heteroatoms. The molecular weight excluding hydrogens is 166 g/mol. The van der Waals surface area contributed by atoms with Gasteiger partial charge in [0.2, 0.25) is 6.08 Å². The van der Waals surface area contributed by atoms with Crippen LogP contribution < -0.4 is 0 Å². The molecule has 70 valence electrons. The molecule has 0 aromatic carbocycles. The molecule has 0 N–H and O–H groups in total. The summed E-state index contributed by atoms with van der Waals surface area (Å²) < 4.78 is 0. The Morgan fingerprint density at radius 2 is 2.23 bits per heavy atom. The maximum absolute atomic E-state index is 11.9. The number of Topliss-reactive ketones (excluding diaryl/α,β-unsaturated/α-hetero) is 1. The van der Waals surface area contributed by atoms with E-state index in [1.807, 2.05) is 13.8 Å². The molecule has 0 amide bonds. The normalized spacial score (nSPS) is 40.5. The number of carbonyl (C=O) groups excluding carboxylic acids is 2. The molecular formula is C10H13NO2. The Morgan fingerprint density at radius 3 is 2.69 bits per heavy atom. The first-order chi connectivity index (χ1) is 6.03. The second kappa shape index (κ2) is 2.30. The Kier molecular flexibility index (Phi) is 1.53. The number of ketones is 1. The van der Waals surface area contributed by atoms with Crippen LogP contribution in [-0.4, -0.2) is 17.4 Å². The molecule has 2 aliphatic rings. The molecule has 0 aliphatic heterocycles. The highest BCUT2D eigenvalue weighted by molar-refractivity contribution is 5.97. The van der Waals surface area contributed by atoms with Crippen molar-refractivity contribution < 1.29 is 9.59 Å². The number of hydrogen-bond acceptors (Lipinski definition) is 3. The molecule has 0 aromatic rings. The van der Waals surface area contributed by atoms with Gasteiger partial charge in [-0.3, -0.25) is 4.79 Å². The van der Waals surface area contributed by atoms with Gasteiger partial charge in [0.1, 0.15) is 5.54 Å². The summed E-state index contributed by atoms with van der Waals surface area (Å²) in [6, 6.07) is 0. The van der Waals surface area contributed by atoms with Gasteiger partial charge in [0.15, 0.2) is 5.78 Å². The molecule has 0 heterocycles. The number of carbonyl (C=O) groups is 1. The van der Waals surface area contributed by atoms with E-state index in [4.69, 9.17) is 0 Å². The summed E-state index contributed by atoms with van der Waals surface area (Å²) in [4.78, 5) is 25.9. The van der Waals surface area contributed by atoms with Crippen LogP contribution in [0.3, 0.4) is 0 Å². The van der Waals surface area contributed by atoms with E-state index < -0.39 is 5.54 Å². The predicted molar refractivity (Wildman–Crippen MR) is 47.0 cm³/mol. The third kappa shape index (κ3) is 0.881. The summed E-state index contributed by atoms with van der Waals surface area (Å²) in [7, 11) is 0. The van der Waals surface area contributed by atoms with Crippen LogP contribution >= 0.6 is 0 Å². The highest BCUT2D eigenvalue weighted by Gasteiger charge is 2.62. The van der Waals surface area contributed by atoms with Gasteiger partial charge in [-0.15, -0.1) is 0 Å². The van der Waals surface area contributed by atoms with Gasteiger partial charge in [0.05, 0.1) is 0 Å². The first-order valence-corrected chi connectivity index (χ1v) is 4.67. The molecule has 2 aliphatic carbocycles. The van der Waals surface area contributed by atoms with E-state index in [-0.39, 0.29) is 11.2 Å². The monoisotopic (exact) mass is 179 g/mol. The third-order valence-corrected chi connectivity index (χ3v) is 3.78. The second-order valence-corrected chi connectivity index (χ2v) is 4.73. The molecule has 0 aromatic heterocycles. The predicted octanol–water partition coefficient (Wildman–Crippen LogP) is 1.47. The standard InChI is InChI=1S/C10H13NO2/c1-9(2)7-3-4-10(5-7,8(9)13)11-6-12/h7H,3-5H2,1-2H3. The van der Waals surface area contributed by atoms with Crippen LogP contribution in [0.25, 0.3) is 0 Å². The van der Waals surface area contributed by atoms with E-state index in [2.05, 4.69) is 4.99 Å². The zero-order valence-corrected chi connectivity index (χ0v) is 7.96. The van der Waals surface area contributed by atoms with Crippen molar-refractivity contribution in [3.05, 3.63) is 0 Å². The van der Waals surface area contributed by atoms with Gasteiger partial charge in [0, 0.05) is 5.41 Å². The molecule has 3 nitrogen and oxygen atoms in total. The lowest BCUT2D eigenvalue weighted by atomic mass is 9.74. The molecule has 2 fully saturated rings. The van der Waals surface area contributed by atoms with Crippen molar-refractivity contribution in [2.24, 2.45) is 16.3 Å². The van der Waals surface area contributed by atoms with Gasteiger partial charge in [-0.1, -0.05) is 13.8 Å². The quantitative estimate of drug-likeness (QED) is 0.452. The SMILES string of the molecule is CC1(C)C(=O)C2(N=C=O)CCC1C2. The van der Waals surface area contributed by atoms with Crippen molar-refractivity contribution in [1.82, 2.24) is 0 Å². The van der Waals surface area contributed by atoms with Crippen molar-refractivity contribution >= 4 is 11.9 Å². The molecule has 2 saturated carbocycles. The van der Waals surface area contributed by atoms with Crippen molar-refractivity contribution in [3.8, 4) is 0 Å². The summed E-state index contributed by atoms with van der Waals surface area (Å²) >= 11 is 0. The summed E-state index contributed by atoms with van der Waals surface area (Å²) in [5.41, 5.74) is -0.964. The maximum Gasteiger partial charge on any atom is 0.235 e. The van der Waals surface area contributed by atoms with Crippen molar-refractivity contribution in [3.63, 3.8) is 0 Å². The van der Waals surface area contributed by atoms with E-state index in [0.717, 1.165) is 19.3 Å². The van der Waals surface area contributed by atoms with E-state index in [0.29, 0.717) is 5.92 Å². The van der Waals surface area contributed by atoms with Gasteiger partial charge in [-0.2, -0.15) is 4.99 Å². The van der Waals surface area contributed by atoms with Gasteiger partial charge in [-0.05, 0) is 25.2 Å². The Morgan fingerprint density at radius 1 is 1.54 bits per heavy atom. The third-order valence-electron chi connectivity index (χ3n) is 3.78. The van der Waals surface area contributed by atoms with Crippen LogP contribution in [0.15, 0.2) is 4.99 Å². The Bertz CT molecular complexity index is 315. The minimum absolute atomic E-state index is 0.139. The maximum atomic E-state index is 11.9. The smallest absolute Gasteiger partial charge is 0.235 e. The number of isocyanates is 1. The van der Waals surface area contributed by atoms with Crippen molar-refractivity contribution in [2.45, 2.75) is 38.6 Å². The first-order valence-electron chi connectivity index (χ1n) is 4.67. The van der Waals surface area contributed by atoms with Crippen molar-refractivity contribution in [2.75, 3.05) is 0 Å². The van der Waals surface area contributed by atoms with Crippen LogP contribution in [-0.2, 0) is 9.59 Å². The molecule has 2 unspecified atom stereocenters. The van der Waals surface area contributed by atoms with Gasteiger partial charge < -0.3 is 0 Å². The Labute approximate surface area is 77.2 Å². The zero-order chi connectivity index (χ0) is 9.69. The fourth-order valence-electron chi connectivity index (χ4n) is 2.87. The molecule has 0 spiro atoms. The highest BCUT2D eigenvalue weighted by Crippen LogP contribution is 2.56. The summed E-state index contributed by atoms with van der Waals surface area (Å²) in [6.07, 6.45) is 4.07. The minimum atomic E-state index is -0.685. The van der Waals surface area contributed by atoms with E-state index in [1.165, 1.54) is 0 Å². The lowest BCUT2D eigenvalue weighted by molar-refractivity contribution is -0.131. The summed E-state index contributed by atoms with van der Waals surface area (Å²) in [5, 5.41) is 0. The number of aliphatic imine (C=N–C) groups is 1. The van der Waals surface area contributed by atoms with Crippen LogP contribution in [0.5, 0.6) is 0 Å². The molecule has 2 rings (SSSR count). The van der Waals surface area contributed by atoms with E-state index in [9.17, 15) is 9.59 Å². The van der Waals surface area contributed by atoms with Gasteiger partial charge >= 0.3 is 0 Å². The number of rotatable bonds is 1. The summed E-state index contributed by atoms with van der Waals surface area (Å²) in [5.74, 6) is 0.553. The molecule has 2 bridgehead atoms. The average molecular weight is 179 g/mol. The van der Waals surface area contributed by atoms with E-state index >= 15 is 0 Å². The van der Waals surface area contributed by atoms with Gasteiger partial charge in [0.25, 0.3) is 0 Å². The van der Waals surface area contributed by atoms with Crippen LogP contribution in [0, 0.1) is 11.3 Å². The van der Waals surface area contributed by atoms with Crippen LogP contribution in [0.4, 0.5) is 0 Å². The van der Waals surface area contributed by atoms with Crippen LogP contribution in [0.2, 0.25) is 0 Å². The molecule has 2 atom stereocenters. The molecule has 0 saturated heterocycles. The molecule has 13 heavy (non-hydrogen) atoms. The zero-order valence-electron chi connectivity index (χ0n) is 7.96. The van der Waals surface area contributed by atoms with Gasteiger partial charge in [-0.25, -0.2) is 4.79 Å². The fourth-order valence-corrected chi connectivity index (χ4v) is 2.87. The lowest BCUT2D eigenvalue weighted by Crippen LogP contribution is -2.40. The number of nitrogens with zero attached hydrogens (tertiary/aromatic N) is 1. The lowest BCUT2D eigenvalue weighted by Gasteiger charge is -2.30. The topological polar surface area (TPSA) is 46.5 Å². The Hall–Kier alpha value is -0.950. The number of fused-ring (bicyclic) bond motifs is 2. The largest absolute Gasteiger partial charge is 0.296 e. The van der Waals surface area contributed by atoms with E-state index in [1.54, 1.807) is 6.08 Å². The van der Waals surface area contributed by atoms with Crippen molar-refractivity contribution in [1.29, 1.82) is 0 Å².